The second-order valence-electron chi connectivity index (χ2n) is 4.61. The Balaban J connectivity index is 2.75. The van der Waals surface area contributed by atoms with E-state index in [9.17, 15) is 0 Å². The van der Waals surface area contributed by atoms with Gasteiger partial charge in [-0.15, -0.1) is 0 Å². The number of pyridine rings is 1. The summed E-state index contributed by atoms with van der Waals surface area (Å²) in [5, 5.41) is 3.54. The van der Waals surface area contributed by atoms with E-state index in [1.807, 2.05) is 12.3 Å². The minimum atomic E-state index is 0.358. The molecule has 1 rings (SSSR count). The summed E-state index contributed by atoms with van der Waals surface area (Å²) in [6.45, 7) is 7.70. The van der Waals surface area contributed by atoms with Gasteiger partial charge in [0.15, 0.2) is 0 Å². The Hall–Kier alpha value is -0.410. The molecule has 1 heterocycles. The highest BCUT2D eigenvalue weighted by atomic mass is 79.9. The Morgan fingerprint density at radius 3 is 2.76 bits per heavy atom. The number of hydrogen-bond acceptors (Lipinski definition) is 2. The van der Waals surface area contributed by atoms with E-state index in [0.29, 0.717) is 6.04 Å². The van der Waals surface area contributed by atoms with Gasteiger partial charge in [-0.1, -0.05) is 33.6 Å². The van der Waals surface area contributed by atoms with E-state index in [4.69, 9.17) is 0 Å². The highest BCUT2D eigenvalue weighted by Gasteiger charge is 2.17. The third-order valence-corrected chi connectivity index (χ3v) is 3.66. The molecule has 0 aliphatic heterocycles. The van der Waals surface area contributed by atoms with Crippen molar-refractivity contribution in [3.63, 3.8) is 0 Å². The van der Waals surface area contributed by atoms with Crippen LogP contribution >= 0.6 is 15.9 Å². The lowest BCUT2D eigenvalue weighted by atomic mass is 9.95. The first-order valence-corrected chi connectivity index (χ1v) is 7.32. The van der Waals surface area contributed by atoms with Crippen molar-refractivity contribution in [2.75, 3.05) is 6.54 Å². The third-order valence-electron chi connectivity index (χ3n) is 2.99. The molecule has 0 amide bonds. The zero-order valence-electron chi connectivity index (χ0n) is 11.0. The molecule has 1 aromatic rings. The number of nitrogens with zero attached hydrogens (tertiary/aromatic N) is 1. The maximum atomic E-state index is 4.50. The van der Waals surface area contributed by atoms with Crippen LogP contribution in [0.2, 0.25) is 0 Å². The number of rotatable bonds is 7. The van der Waals surface area contributed by atoms with Gasteiger partial charge in [0.05, 0.1) is 11.7 Å². The third kappa shape index (κ3) is 4.76. The molecular weight excluding hydrogens is 276 g/mol. The summed E-state index contributed by atoms with van der Waals surface area (Å²) in [4.78, 5) is 4.50. The minimum Gasteiger partial charge on any atom is -0.309 e. The van der Waals surface area contributed by atoms with Crippen molar-refractivity contribution in [2.45, 2.75) is 46.1 Å². The second-order valence-corrected chi connectivity index (χ2v) is 5.46. The number of halogens is 1. The highest BCUT2D eigenvalue weighted by molar-refractivity contribution is 9.10. The van der Waals surface area contributed by atoms with Gasteiger partial charge in [0.25, 0.3) is 0 Å². The van der Waals surface area contributed by atoms with Gasteiger partial charge in [-0.05, 0) is 46.9 Å². The average Bonchev–Trinajstić information content (AvgIpc) is 2.29. The van der Waals surface area contributed by atoms with Crippen molar-refractivity contribution < 1.29 is 0 Å². The molecule has 17 heavy (non-hydrogen) atoms. The quantitative estimate of drug-likeness (QED) is 0.811. The van der Waals surface area contributed by atoms with Crippen molar-refractivity contribution in [3.8, 4) is 0 Å². The first-order valence-electron chi connectivity index (χ1n) is 6.52. The fraction of sp³-hybridized carbons (Fsp3) is 0.643. The summed E-state index contributed by atoms with van der Waals surface area (Å²) < 4.78 is 1.11. The van der Waals surface area contributed by atoms with Crippen molar-refractivity contribution in [2.24, 2.45) is 5.92 Å². The van der Waals surface area contributed by atoms with Gasteiger partial charge in [0, 0.05) is 10.7 Å². The molecule has 0 fully saturated rings. The summed E-state index contributed by atoms with van der Waals surface area (Å²) in [6.07, 6.45) is 5.56. The molecule has 0 bridgehead atoms. The van der Waals surface area contributed by atoms with Crippen LogP contribution in [0.4, 0.5) is 0 Å². The molecule has 2 nitrogen and oxygen atoms in total. The molecule has 3 heteroatoms. The lowest BCUT2D eigenvalue weighted by Gasteiger charge is -2.22. The average molecular weight is 299 g/mol. The van der Waals surface area contributed by atoms with Gasteiger partial charge in [0.2, 0.25) is 0 Å². The van der Waals surface area contributed by atoms with Crippen LogP contribution in [0.15, 0.2) is 22.8 Å². The first-order chi connectivity index (χ1) is 8.19. The number of hydrogen-bond donors (Lipinski definition) is 1. The molecule has 2 unspecified atom stereocenters. The zero-order valence-corrected chi connectivity index (χ0v) is 12.6. The summed E-state index contributed by atoms with van der Waals surface area (Å²) in [5.74, 6) is 0.734. The van der Waals surface area contributed by atoms with Gasteiger partial charge in [-0.3, -0.25) is 4.98 Å². The number of aromatic nitrogens is 1. The van der Waals surface area contributed by atoms with Crippen LogP contribution < -0.4 is 5.32 Å². The van der Waals surface area contributed by atoms with Crippen molar-refractivity contribution in [1.29, 1.82) is 0 Å². The maximum absolute atomic E-state index is 4.50. The smallest absolute Gasteiger partial charge is 0.0714 e. The predicted molar refractivity (Wildman–Crippen MR) is 77.0 cm³/mol. The van der Waals surface area contributed by atoms with Gasteiger partial charge in [-0.25, -0.2) is 0 Å². The Labute approximate surface area is 113 Å². The molecule has 0 aliphatic carbocycles. The molecule has 96 valence electrons. The zero-order chi connectivity index (χ0) is 12.7. The van der Waals surface area contributed by atoms with Crippen LogP contribution in [-0.4, -0.2) is 11.5 Å². The van der Waals surface area contributed by atoms with E-state index in [-0.39, 0.29) is 0 Å². The van der Waals surface area contributed by atoms with Gasteiger partial charge in [-0.2, -0.15) is 0 Å². The molecule has 0 aliphatic rings. The highest BCUT2D eigenvalue weighted by Crippen LogP contribution is 2.27. The maximum Gasteiger partial charge on any atom is 0.0714 e. The molecule has 0 aromatic carbocycles. The van der Waals surface area contributed by atoms with E-state index in [1.165, 1.54) is 12.8 Å². The van der Waals surface area contributed by atoms with E-state index >= 15 is 0 Å². The first kappa shape index (κ1) is 14.7. The second kappa shape index (κ2) is 7.83. The largest absolute Gasteiger partial charge is 0.309 e. The lowest BCUT2D eigenvalue weighted by molar-refractivity contribution is 0.389. The standard InChI is InChI=1S/C14H23BrN2/c1-4-7-11(3)10-13(16-5-2)14-12(15)8-6-9-17-14/h6,8-9,11,13,16H,4-5,7,10H2,1-3H3. The Morgan fingerprint density at radius 1 is 1.41 bits per heavy atom. The van der Waals surface area contributed by atoms with Crippen molar-refractivity contribution in [3.05, 3.63) is 28.5 Å². The Morgan fingerprint density at radius 2 is 2.18 bits per heavy atom. The Kier molecular flexibility index (Phi) is 6.75. The van der Waals surface area contributed by atoms with Crippen LogP contribution in [0.25, 0.3) is 0 Å². The topological polar surface area (TPSA) is 24.9 Å². The molecule has 0 saturated heterocycles. The van der Waals surface area contributed by atoms with Crippen molar-refractivity contribution in [1.82, 2.24) is 10.3 Å². The fourth-order valence-electron chi connectivity index (χ4n) is 2.21. The summed E-state index contributed by atoms with van der Waals surface area (Å²) >= 11 is 3.59. The monoisotopic (exact) mass is 298 g/mol. The normalized spacial score (nSPS) is 14.6. The van der Waals surface area contributed by atoms with E-state index < -0.39 is 0 Å². The fourth-order valence-corrected chi connectivity index (χ4v) is 2.74. The van der Waals surface area contributed by atoms with Gasteiger partial charge < -0.3 is 5.32 Å². The summed E-state index contributed by atoms with van der Waals surface area (Å²) in [6, 6.07) is 4.39. The van der Waals surface area contributed by atoms with E-state index in [2.05, 4.69) is 53.1 Å². The summed E-state index contributed by atoms with van der Waals surface area (Å²) in [7, 11) is 0. The number of nitrogens with one attached hydrogen (secondary N) is 1. The molecule has 0 radical (unpaired) electrons. The van der Waals surface area contributed by atoms with Crippen LogP contribution in [-0.2, 0) is 0 Å². The minimum absolute atomic E-state index is 0.358. The molecule has 0 spiro atoms. The SMILES string of the molecule is CCCC(C)CC(NCC)c1ncccc1Br. The predicted octanol–water partition coefficient (Wildman–Crippen LogP) is 4.32. The van der Waals surface area contributed by atoms with Crippen molar-refractivity contribution >= 4 is 15.9 Å². The molecule has 2 atom stereocenters. The molecule has 1 aromatic heterocycles. The van der Waals surface area contributed by atoms with E-state index in [0.717, 1.165) is 29.1 Å². The van der Waals surface area contributed by atoms with Crippen LogP contribution in [0, 0.1) is 5.92 Å². The molecular formula is C14H23BrN2. The summed E-state index contributed by atoms with van der Waals surface area (Å²) in [5.41, 5.74) is 1.14. The molecule has 1 N–H and O–H groups in total. The van der Waals surface area contributed by atoms with Crippen LogP contribution in [0.1, 0.15) is 51.8 Å². The molecule has 0 saturated carbocycles. The lowest BCUT2D eigenvalue weighted by Crippen LogP contribution is -2.24. The van der Waals surface area contributed by atoms with E-state index in [1.54, 1.807) is 0 Å². The van der Waals surface area contributed by atoms with Crippen LogP contribution in [0.3, 0.4) is 0 Å². The van der Waals surface area contributed by atoms with Gasteiger partial charge >= 0.3 is 0 Å². The van der Waals surface area contributed by atoms with Gasteiger partial charge in [0.1, 0.15) is 0 Å². The van der Waals surface area contributed by atoms with Crippen LogP contribution in [0.5, 0.6) is 0 Å². The Bertz CT molecular complexity index is 328.